The number of ether oxygens (including phenoxy) is 3. The Bertz CT molecular complexity index is 1690. The molecule has 36 heavy (non-hydrogen) atoms. The van der Waals surface area contributed by atoms with Crippen molar-refractivity contribution in [1.82, 2.24) is 14.6 Å². The first-order chi connectivity index (χ1) is 17.4. The quantitative estimate of drug-likeness (QED) is 0.240. The van der Waals surface area contributed by atoms with E-state index >= 15 is 0 Å². The van der Waals surface area contributed by atoms with Crippen LogP contribution in [0.2, 0.25) is 0 Å². The average molecular weight is 506 g/mol. The Morgan fingerprint density at radius 2 is 1.78 bits per heavy atom. The molecule has 0 aliphatic carbocycles. The normalized spacial score (nSPS) is 11.7. The number of thiazole rings is 1. The lowest BCUT2D eigenvalue weighted by atomic mass is 10.1. The van der Waals surface area contributed by atoms with E-state index in [-0.39, 0.29) is 11.2 Å². The summed E-state index contributed by atoms with van der Waals surface area (Å²) in [5.41, 5.74) is 0.765. The molecule has 0 saturated carbocycles. The molecule has 3 aromatic heterocycles. The van der Waals surface area contributed by atoms with Gasteiger partial charge in [0.2, 0.25) is 10.7 Å². The largest absolute Gasteiger partial charge is 0.493 e. The molecule has 3 heterocycles. The predicted molar refractivity (Wildman–Crippen MR) is 132 cm³/mol. The highest BCUT2D eigenvalue weighted by atomic mass is 32.1. The summed E-state index contributed by atoms with van der Waals surface area (Å²) in [6, 6.07) is 12.9. The van der Waals surface area contributed by atoms with Crippen LogP contribution < -0.4 is 24.3 Å². The minimum absolute atomic E-state index is 0.0373. The molecule has 0 saturated heterocycles. The number of fused-ring (bicyclic) bond motifs is 1. The van der Waals surface area contributed by atoms with Crippen LogP contribution >= 0.6 is 11.3 Å². The Kier molecular flexibility index (Phi) is 5.86. The van der Waals surface area contributed by atoms with Gasteiger partial charge in [0.1, 0.15) is 16.1 Å². The van der Waals surface area contributed by atoms with Gasteiger partial charge in [0.05, 0.1) is 26.3 Å². The lowest BCUT2D eigenvalue weighted by Crippen LogP contribution is -2.23. The van der Waals surface area contributed by atoms with Gasteiger partial charge >= 0.3 is 0 Å². The van der Waals surface area contributed by atoms with Crippen molar-refractivity contribution < 1.29 is 23.6 Å². The molecule has 0 N–H and O–H groups in total. The van der Waals surface area contributed by atoms with Gasteiger partial charge in [0, 0.05) is 29.3 Å². The van der Waals surface area contributed by atoms with E-state index in [1.54, 1.807) is 42.5 Å². The number of benzene rings is 2. The predicted octanol–water partition coefficient (Wildman–Crippen LogP) is 3.56. The van der Waals surface area contributed by atoms with Crippen LogP contribution in [0.4, 0.5) is 5.69 Å². The van der Waals surface area contributed by atoms with E-state index in [2.05, 4.69) is 10.1 Å². The molecule has 0 radical (unpaired) electrons. The van der Waals surface area contributed by atoms with Gasteiger partial charge in [-0.3, -0.25) is 14.9 Å². The monoisotopic (exact) mass is 506 g/mol. The van der Waals surface area contributed by atoms with Gasteiger partial charge in [-0.05, 0) is 24.3 Å². The summed E-state index contributed by atoms with van der Waals surface area (Å²) in [7, 11) is 4.53. The number of nitro groups is 1. The zero-order chi connectivity index (χ0) is 25.4. The highest BCUT2D eigenvalue weighted by Crippen LogP contribution is 2.40. The highest BCUT2D eigenvalue weighted by molar-refractivity contribution is 7.15. The fraction of sp³-hybridized carbons (Fsp3) is 0.125. The van der Waals surface area contributed by atoms with E-state index in [0.717, 1.165) is 11.3 Å². The van der Waals surface area contributed by atoms with Gasteiger partial charge < -0.3 is 18.6 Å². The Morgan fingerprint density at radius 3 is 2.42 bits per heavy atom. The fourth-order valence-electron chi connectivity index (χ4n) is 3.65. The van der Waals surface area contributed by atoms with Crippen LogP contribution in [-0.4, -0.2) is 40.9 Å². The minimum atomic E-state index is -0.468. The second-order valence-corrected chi connectivity index (χ2v) is 8.48. The molecule has 11 nitrogen and oxygen atoms in total. The van der Waals surface area contributed by atoms with Crippen molar-refractivity contribution in [3.05, 3.63) is 79.3 Å². The van der Waals surface area contributed by atoms with Gasteiger partial charge in [-0.25, -0.2) is 0 Å². The number of hydrogen-bond donors (Lipinski definition) is 0. The number of rotatable bonds is 7. The first kappa shape index (κ1) is 23.1. The Hall–Kier alpha value is -4.71. The van der Waals surface area contributed by atoms with E-state index in [4.69, 9.17) is 18.6 Å². The second-order valence-electron chi connectivity index (χ2n) is 7.47. The number of methoxy groups -OCH3 is 3. The average Bonchev–Trinajstić information content (AvgIpc) is 3.60. The molecule has 0 aliphatic heterocycles. The van der Waals surface area contributed by atoms with E-state index in [9.17, 15) is 14.9 Å². The third-order valence-corrected chi connectivity index (χ3v) is 6.31. The maximum Gasteiger partial charge on any atom is 0.291 e. The molecule has 0 fully saturated rings. The second kappa shape index (κ2) is 9.15. The number of aromatic nitrogens is 3. The third kappa shape index (κ3) is 4.03. The highest BCUT2D eigenvalue weighted by Gasteiger charge is 2.18. The van der Waals surface area contributed by atoms with Gasteiger partial charge in [0.15, 0.2) is 17.3 Å². The molecule has 12 heteroatoms. The topological polar surface area (TPSA) is 131 Å². The molecule has 0 atom stereocenters. The van der Waals surface area contributed by atoms with Gasteiger partial charge in [-0.15, -0.1) is 5.10 Å². The van der Waals surface area contributed by atoms with Crippen LogP contribution in [-0.2, 0) is 0 Å². The summed E-state index contributed by atoms with van der Waals surface area (Å²) in [4.78, 5) is 28.4. The van der Waals surface area contributed by atoms with Crippen molar-refractivity contribution in [2.75, 3.05) is 21.3 Å². The smallest absolute Gasteiger partial charge is 0.291 e. The first-order valence-electron chi connectivity index (χ1n) is 10.5. The van der Waals surface area contributed by atoms with E-state index in [0.29, 0.717) is 55.2 Å². The minimum Gasteiger partial charge on any atom is -0.493 e. The van der Waals surface area contributed by atoms with Crippen molar-refractivity contribution in [3.8, 4) is 40.0 Å². The molecule has 5 rings (SSSR count). The molecular weight excluding hydrogens is 488 g/mol. The number of non-ortho nitro benzene ring substituents is 1. The molecular formula is C24H18N4O7S. The summed E-state index contributed by atoms with van der Waals surface area (Å²) >= 11 is 1.16. The maximum atomic E-state index is 13.0. The number of nitrogens with zero attached hydrogens (tertiary/aromatic N) is 4. The summed E-state index contributed by atoms with van der Waals surface area (Å²) < 4.78 is 23.5. The fourth-order valence-corrected chi connectivity index (χ4v) is 4.54. The Labute approximate surface area is 206 Å². The zero-order valence-electron chi connectivity index (χ0n) is 19.3. The van der Waals surface area contributed by atoms with Crippen LogP contribution in [0.5, 0.6) is 17.2 Å². The van der Waals surface area contributed by atoms with Crippen molar-refractivity contribution in [2.45, 2.75) is 0 Å². The van der Waals surface area contributed by atoms with E-state index in [1.165, 1.54) is 38.0 Å². The van der Waals surface area contributed by atoms with Crippen LogP contribution in [0.25, 0.3) is 33.7 Å². The SMILES string of the molecule is COc1cc(-c2nc3sc(=Cc4ccc(-c5cccc([N+](=O)[O-])c5)o4)c(=O)n3n2)cc(OC)c1OC. The van der Waals surface area contributed by atoms with E-state index in [1.807, 2.05) is 0 Å². The van der Waals surface area contributed by atoms with Crippen molar-refractivity contribution in [1.29, 1.82) is 0 Å². The van der Waals surface area contributed by atoms with E-state index < -0.39 is 4.92 Å². The molecule has 182 valence electrons. The molecule has 0 aliphatic rings. The molecule has 0 spiro atoms. The Balaban J connectivity index is 1.50. The zero-order valence-corrected chi connectivity index (χ0v) is 20.1. The first-order valence-corrected chi connectivity index (χ1v) is 11.3. The van der Waals surface area contributed by atoms with Crippen molar-refractivity contribution in [3.63, 3.8) is 0 Å². The molecule has 0 unspecified atom stereocenters. The summed E-state index contributed by atoms with van der Waals surface area (Å²) in [5.74, 6) is 2.52. The number of furan rings is 1. The third-order valence-electron chi connectivity index (χ3n) is 5.35. The molecule has 5 aromatic rings. The molecule has 2 aromatic carbocycles. The lowest BCUT2D eigenvalue weighted by Gasteiger charge is -2.12. The molecule has 0 bridgehead atoms. The van der Waals surface area contributed by atoms with Crippen molar-refractivity contribution in [2.24, 2.45) is 0 Å². The van der Waals surface area contributed by atoms with Gasteiger partial charge in [-0.1, -0.05) is 23.5 Å². The van der Waals surface area contributed by atoms with Crippen LogP contribution in [0.1, 0.15) is 5.76 Å². The standard InChI is InChI=1S/C24H18N4O7S/c1-32-18-10-14(11-19(33-2)21(18)34-3)22-25-24-27(26-22)23(29)20(36-24)12-16-7-8-17(35-16)13-5-4-6-15(9-13)28(30)31/h4-12H,1-3H3. The summed E-state index contributed by atoms with van der Waals surface area (Å²) in [6.07, 6.45) is 1.59. The summed E-state index contributed by atoms with van der Waals surface area (Å²) in [6.45, 7) is 0. The van der Waals surface area contributed by atoms with Crippen LogP contribution in [0.3, 0.4) is 0 Å². The number of hydrogen-bond acceptors (Lipinski definition) is 10. The molecule has 0 amide bonds. The van der Waals surface area contributed by atoms with Gasteiger partial charge in [-0.2, -0.15) is 9.50 Å². The maximum absolute atomic E-state index is 13.0. The van der Waals surface area contributed by atoms with Crippen LogP contribution in [0, 0.1) is 10.1 Å². The summed E-state index contributed by atoms with van der Waals surface area (Å²) in [5, 5.41) is 15.4. The van der Waals surface area contributed by atoms with Gasteiger partial charge in [0.25, 0.3) is 11.2 Å². The lowest BCUT2D eigenvalue weighted by molar-refractivity contribution is -0.384. The number of nitro benzene ring substituents is 1. The van der Waals surface area contributed by atoms with Crippen molar-refractivity contribution >= 4 is 28.1 Å². The Morgan fingerprint density at radius 1 is 1.03 bits per heavy atom. The van der Waals surface area contributed by atoms with Crippen LogP contribution in [0.15, 0.2) is 57.7 Å².